The van der Waals surface area contributed by atoms with Crippen molar-refractivity contribution in [2.75, 3.05) is 0 Å². The molecular weight excluding hydrogens is 288 g/mol. The molecule has 2 aromatic rings. The Labute approximate surface area is 120 Å². The molecule has 0 radical (unpaired) electrons. The molecule has 0 spiro atoms. The highest BCUT2D eigenvalue weighted by Gasteiger charge is 2.04. The summed E-state index contributed by atoms with van der Waals surface area (Å²) in [6.45, 7) is 3.37. The van der Waals surface area contributed by atoms with Gasteiger partial charge in [-0.05, 0) is 25.0 Å². The maximum atomic E-state index is 2.27. The zero-order chi connectivity index (χ0) is 11.9. The maximum Gasteiger partial charge on any atom is 0.248 e. The van der Waals surface area contributed by atoms with Crippen molar-refractivity contribution >= 4 is 0 Å². The van der Waals surface area contributed by atoms with Gasteiger partial charge in [-0.25, -0.2) is 9.13 Å². The van der Waals surface area contributed by atoms with E-state index in [1.54, 1.807) is 0 Å². The molecule has 0 unspecified atom stereocenters. The fourth-order valence-corrected chi connectivity index (χ4v) is 2.00. The van der Waals surface area contributed by atoms with Gasteiger partial charge in [0.2, 0.25) is 6.33 Å². The van der Waals surface area contributed by atoms with Crippen LogP contribution in [0.25, 0.3) is 5.69 Å². The van der Waals surface area contributed by atoms with Gasteiger partial charge in [0.1, 0.15) is 18.1 Å². The Bertz CT molecular complexity index is 437. The quantitative estimate of drug-likeness (QED) is 0.538. The van der Waals surface area contributed by atoms with Crippen LogP contribution in [0.3, 0.4) is 0 Å². The second-order valence-electron chi connectivity index (χ2n) is 4.45. The number of aromatic nitrogens is 2. The van der Waals surface area contributed by atoms with Crippen molar-refractivity contribution in [3.63, 3.8) is 0 Å². The lowest BCUT2D eigenvalue weighted by atomic mass is 10.2. The summed E-state index contributed by atoms with van der Waals surface area (Å²) < 4.78 is 4.43. The van der Waals surface area contributed by atoms with Crippen molar-refractivity contribution in [1.29, 1.82) is 0 Å². The molecule has 0 atom stereocenters. The molecule has 0 aliphatic heterocycles. The standard InChI is InChI=1S/C15H21N2.BrH/c1-2-3-4-8-11-16-12-13-17(14-16)15-9-6-5-7-10-15;/h5-7,9-10,12-14H,2-4,8,11H2,1H3;1H/q+1;/p-1. The van der Waals surface area contributed by atoms with Gasteiger partial charge < -0.3 is 17.0 Å². The van der Waals surface area contributed by atoms with Crippen LogP contribution >= 0.6 is 0 Å². The number of aryl methyl sites for hydroxylation is 1. The van der Waals surface area contributed by atoms with Gasteiger partial charge in [-0.3, -0.25) is 0 Å². The highest BCUT2D eigenvalue weighted by Crippen LogP contribution is 2.05. The first-order valence-electron chi connectivity index (χ1n) is 6.52. The lowest BCUT2D eigenvalue weighted by molar-refractivity contribution is -0.696. The van der Waals surface area contributed by atoms with E-state index in [0.717, 1.165) is 6.54 Å². The summed E-state index contributed by atoms with van der Waals surface area (Å²) in [4.78, 5) is 0. The molecule has 1 aromatic heterocycles. The fourth-order valence-electron chi connectivity index (χ4n) is 2.00. The van der Waals surface area contributed by atoms with Crippen molar-refractivity contribution in [3.05, 3.63) is 49.1 Å². The van der Waals surface area contributed by atoms with Crippen LogP contribution < -0.4 is 21.5 Å². The third kappa shape index (κ3) is 4.30. The highest BCUT2D eigenvalue weighted by molar-refractivity contribution is 5.30. The van der Waals surface area contributed by atoms with Gasteiger partial charge in [-0.15, -0.1) is 0 Å². The predicted octanol–water partition coefficient (Wildman–Crippen LogP) is 0.349. The van der Waals surface area contributed by atoms with Crippen molar-refractivity contribution in [3.8, 4) is 5.69 Å². The molecule has 0 N–H and O–H groups in total. The van der Waals surface area contributed by atoms with Crippen LogP contribution in [0, 0.1) is 0 Å². The van der Waals surface area contributed by atoms with E-state index < -0.39 is 0 Å². The Balaban J connectivity index is 0.00000162. The van der Waals surface area contributed by atoms with E-state index >= 15 is 0 Å². The Hall–Kier alpha value is -1.09. The average molecular weight is 309 g/mol. The Morgan fingerprint density at radius 3 is 2.56 bits per heavy atom. The van der Waals surface area contributed by atoms with Crippen molar-refractivity contribution in [2.24, 2.45) is 0 Å². The number of nitrogens with zero attached hydrogens (tertiary/aromatic N) is 2. The topological polar surface area (TPSA) is 8.81 Å². The van der Waals surface area contributed by atoms with E-state index in [1.165, 1.54) is 31.4 Å². The summed E-state index contributed by atoms with van der Waals surface area (Å²) in [5.41, 5.74) is 1.22. The fraction of sp³-hybridized carbons (Fsp3) is 0.400. The highest BCUT2D eigenvalue weighted by atomic mass is 79.9. The van der Waals surface area contributed by atoms with E-state index in [2.05, 4.69) is 59.0 Å². The first-order chi connectivity index (χ1) is 8.40. The molecular formula is C15H21BrN2. The van der Waals surface area contributed by atoms with Gasteiger partial charge in [0.05, 0.1) is 6.54 Å². The molecule has 2 nitrogen and oxygen atoms in total. The van der Waals surface area contributed by atoms with E-state index in [-0.39, 0.29) is 17.0 Å². The van der Waals surface area contributed by atoms with Crippen molar-refractivity contribution in [2.45, 2.75) is 39.2 Å². The predicted molar refractivity (Wildman–Crippen MR) is 70.1 cm³/mol. The molecule has 18 heavy (non-hydrogen) atoms. The van der Waals surface area contributed by atoms with Gasteiger partial charge in [-0.1, -0.05) is 38.0 Å². The van der Waals surface area contributed by atoms with Gasteiger partial charge in [0.25, 0.3) is 0 Å². The number of hydrogen-bond acceptors (Lipinski definition) is 0. The normalized spacial score (nSPS) is 10.1. The largest absolute Gasteiger partial charge is 1.00 e. The lowest BCUT2D eigenvalue weighted by Crippen LogP contribution is -3.00. The molecule has 0 aliphatic carbocycles. The number of hydrogen-bond donors (Lipinski definition) is 0. The SMILES string of the molecule is CCCCCC[n+]1ccn(-c2ccccc2)c1.[Br-]. The van der Waals surface area contributed by atoms with Crippen LogP contribution in [-0.2, 0) is 6.54 Å². The first kappa shape index (κ1) is 15.0. The van der Waals surface area contributed by atoms with Crippen LogP contribution in [0.5, 0.6) is 0 Å². The smallest absolute Gasteiger partial charge is 0.248 e. The summed E-state index contributed by atoms with van der Waals surface area (Å²) in [5.74, 6) is 0. The van der Waals surface area contributed by atoms with E-state index in [0.29, 0.717) is 0 Å². The average Bonchev–Trinajstić information content (AvgIpc) is 2.85. The third-order valence-electron chi connectivity index (χ3n) is 3.02. The van der Waals surface area contributed by atoms with Crippen LogP contribution in [-0.4, -0.2) is 4.57 Å². The molecule has 0 fully saturated rings. The number of imidazole rings is 1. The minimum Gasteiger partial charge on any atom is -1.00 e. The van der Waals surface area contributed by atoms with Crippen LogP contribution in [0.15, 0.2) is 49.1 Å². The molecule has 2 rings (SSSR count). The monoisotopic (exact) mass is 308 g/mol. The number of halogens is 1. The zero-order valence-electron chi connectivity index (χ0n) is 10.9. The molecule has 98 valence electrons. The number of rotatable bonds is 6. The molecule has 1 aromatic carbocycles. The lowest BCUT2D eigenvalue weighted by Gasteiger charge is -1.96. The molecule has 3 heteroatoms. The van der Waals surface area contributed by atoms with Crippen LogP contribution in [0.1, 0.15) is 32.6 Å². The molecule has 0 saturated heterocycles. The van der Waals surface area contributed by atoms with Gasteiger partial charge >= 0.3 is 0 Å². The second-order valence-corrected chi connectivity index (χ2v) is 4.45. The third-order valence-corrected chi connectivity index (χ3v) is 3.02. The van der Waals surface area contributed by atoms with Gasteiger partial charge in [0.15, 0.2) is 0 Å². The summed E-state index contributed by atoms with van der Waals surface area (Å²) in [5, 5.41) is 0. The molecule has 0 aliphatic rings. The molecule has 0 saturated carbocycles. The molecule has 1 heterocycles. The van der Waals surface area contributed by atoms with E-state index in [9.17, 15) is 0 Å². The van der Waals surface area contributed by atoms with Crippen molar-refractivity contribution < 1.29 is 21.5 Å². The minimum atomic E-state index is 0. The molecule has 0 amide bonds. The summed E-state index contributed by atoms with van der Waals surface area (Å²) in [7, 11) is 0. The minimum absolute atomic E-state index is 0. The van der Waals surface area contributed by atoms with Crippen molar-refractivity contribution in [1.82, 2.24) is 4.57 Å². The summed E-state index contributed by atoms with van der Waals surface area (Å²) >= 11 is 0. The Morgan fingerprint density at radius 1 is 1.06 bits per heavy atom. The van der Waals surface area contributed by atoms with E-state index in [4.69, 9.17) is 0 Å². The zero-order valence-corrected chi connectivity index (χ0v) is 12.5. The number of para-hydroxylation sites is 1. The van der Waals surface area contributed by atoms with Gasteiger partial charge in [0, 0.05) is 0 Å². The number of unbranched alkanes of at least 4 members (excludes halogenated alkanes) is 3. The van der Waals surface area contributed by atoms with E-state index in [1.807, 2.05) is 6.07 Å². The van der Waals surface area contributed by atoms with Gasteiger partial charge in [-0.2, -0.15) is 0 Å². The summed E-state index contributed by atoms with van der Waals surface area (Å²) in [6, 6.07) is 10.4. The van der Waals surface area contributed by atoms with Crippen LogP contribution in [0.4, 0.5) is 0 Å². The van der Waals surface area contributed by atoms with Crippen LogP contribution in [0.2, 0.25) is 0 Å². The summed E-state index contributed by atoms with van der Waals surface area (Å²) in [6.07, 6.45) is 11.7. The number of benzene rings is 1. The first-order valence-corrected chi connectivity index (χ1v) is 6.52. The molecule has 0 bridgehead atoms. The Morgan fingerprint density at radius 2 is 1.83 bits per heavy atom. The Kier molecular flexibility index (Phi) is 6.73. The maximum absolute atomic E-state index is 2.27. The second kappa shape index (κ2) is 8.09.